The first-order valence-corrected chi connectivity index (χ1v) is 6.45. The second-order valence-electron chi connectivity index (χ2n) is 5.61. The highest BCUT2D eigenvalue weighted by Crippen LogP contribution is 2.33. The lowest BCUT2D eigenvalue weighted by Gasteiger charge is -2.24. The molecular formula is C16H15ClO2. The predicted octanol–water partition coefficient (Wildman–Crippen LogP) is 3.85. The smallest absolute Gasteiger partial charge is 0.229 e. The van der Waals surface area contributed by atoms with Crippen molar-refractivity contribution >= 4 is 28.7 Å². The maximum Gasteiger partial charge on any atom is 0.229 e. The molecule has 19 heavy (non-hydrogen) atoms. The fraction of sp³-hybridized carbons (Fsp3) is 0.250. The van der Waals surface area contributed by atoms with Crippen LogP contribution in [-0.4, -0.2) is 11.6 Å². The minimum Gasteiger partial charge on any atom is -0.286 e. The average molecular weight is 275 g/mol. The number of hydrogen-bond acceptors (Lipinski definition) is 2. The van der Waals surface area contributed by atoms with Gasteiger partial charge in [0.05, 0.1) is 0 Å². The number of rotatable bonds is 1. The Morgan fingerprint density at radius 3 is 2.05 bits per heavy atom. The van der Waals surface area contributed by atoms with E-state index in [1.807, 2.05) is 32.9 Å². The molecule has 1 aromatic rings. The quantitative estimate of drug-likeness (QED) is 0.576. The van der Waals surface area contributed by atoms with Crippen molar-refractivity contribution in [1.29, 1.82) is 0 Å². The maximum absolute atomic E-state index is 11.9. The van der Waals surface area contributed by atoms with Gasteiger partial charge >= 0.3 is 0 Å². The minimum absolute atomic E-state index is 0.349. The molecule has 1 aromatic carbocycles. The number of halogens is 1. The van der Waals surface area contributed by atoms with Crippen molar-refractivity contribution in [3.05, 3.63) is 52.6 Å². The zero-order valence-corrected chi connectivity index (χ0v) is 11.9. The Morgan fingerprint density at radius 2 is 1.53 bits per heavy atom. The van der Waals surface area contributed by atoms with Crippen molar-refractivity contribution in [2.75, 3.05) is 0 Å². The SMILES string of the molecule is CC(C)(C)C1=CC(c2ccc(Cl)cc2)=CC(=O)C1=O. The first-order chi connectivity index (χ1) is 8.79. The standard InChI is InChI=1S/C16H15ClO2/c1-16(2,3)13-8-11(9-14(18)15(13)19)10-4-6-12(17)7-5-10/h4-9H,1-3H3. The number of Topliss-reactive ketones (excluding diaryl/α,β-unsaturated/α-hetero) is 1. The molecule has 0 aliphatic heterocycles. The van der Waals surface area contributed by atoms with E-state index in [-0.39, 0.29) is 5.41 Å². The molecule has 0 fully saturated rings. The van der Waals surface area contributed by atoms with Crippen LogP contribution in [0.5, 0.6) is 0 Å². The molecule has 0 radical (unpaired) electrons. The first kappa shape index (κ1) is 13.8. The molecule has 3 heteroatoms. The molecule has 0 saturated heterocycles. The van der Waals surface area contributed by atoms with Crippen molar-refractivity contribution < 1.29 is 9.59 Å². The third-order valence-electron chi connectivity index (χ3n) is 3.04. The van der Waals surface area contributed by atoms with Crippen molar-refractivity contribution in [2.24, 2.45) is 5.41 Å². The summed E-state index contributed by atoms with van der Waals surface area (Å²) in [4.78, 5) is 23.7. The Labute approximate surface area is 117 Å². The largest absolute Gasteiger partial charge is 0.286 e. The van der Waals surface area contributed by atoms with Crippen LogP contribution in [0.25, 0.3) is 5.57 Å². The number of carbonyl (C=O) groups excluding carboxylic acids is 2. The second-order valence-corrected chi connectivity index (χ2v) is 6.04. The lowest BCUT2D eigenvalue weighted by atomic mass is 9.78. The summed E-state index contributed by atoms with van der Waals surface area (Å²) in [6.45, 7) is 5.78. The summed E-state index contributed by atoms with van der Waals surface area (Å²) in [6, 6.07) is 7.22. The molecule has 0 heterocycles. The van der Waals surface area contributed by atoms with Crippen molar-refractivity contribution in [1.82, 2.24) is 0 Å². The highest BCUT2D eigenvalue weighted by molar-refractivity contribution is 6.50. The van der Waals surface area contributed by atoms with E-state index in [2.05, 4.69) is 0 Å². The zero-order valence-electron chi connectivity index (χ0n) is 11.2. The first-order valence-electron chi connectivity index (χ1n) is 6.07. The Kier molecular flexibility index (Phi) is 3.46. The lowest BCUT2D eigenvalue weighted by Crippen LogP contribution is -2.26. The van der Waals surface area contributed by atoms with Crippen LogP contribution in [-0.2, 0) is 9.59 Å². The van der Waals surface area contributed by atoms with E-state index in [1.165, 1.54) is 6.08 Å². The molecule has 0 saturated carbocycles. The van der Waals surface area contributed by atoms with E-state index in [1.54, 1.807) is 18.2 Å². The van der Waals surface area contributed by atoms with Gasteiger partial charge in [-0.15, -0.1) is 0 Å². The van der Waals surface area contributed by atoms with E-state index in [0.29, 0.717) is 10.6 Å². The third-order valence-corrected chi connectivity index (χ3v) is 3.29. The van der Waals surface area contributed by atoms with E-state index in [9.17, 15) is 9.59 Å². The molecule has 0 spiro atoms. The zero-order chi connectivity index (χ0) is 14.2. The second kappa shape index (κ2) is 4.78. The number of allylic oxidation sites excluding steroid dienone is 4. The van der Waals surface area contributed by atoms with Crippen LogP contribution >= 0.6 is 11.6 Å². The summed E-state index contributed by atoms with van der Waals surface area (Å²) >= 11 is 5.85. The summed E-state index contributed by atoms with van der Waals surface area (Å²) in [5.41, 5.74) is 1.83. The van der Waals surface area contributed by atoms with Crippen LogP contribution in [0, 0.1) is 5.41 Å². The summed E-state index contributed by atoms with van der Waals surface area (Å²) < 4.78 is 0. The summed E-state index contributed by atoms with van der Waals surface area (Å²) in [5.74, 6) is -0.873. The van der Waals surface area contributed by atoms with Gasteiger partial charge in [-0.25, -0.2) is 0 Å². The summed E-state index contributed by atoms with van der Waals surface area (Å²) in [6.07, 6.45) is 3.19. The van der Waals surface area contributed by atoms with Crippen molar-refractivity contribution in [3.8, 4) is 0 Å². The van der Waals surface area contributed by atoms with Crippen LogP contribution in [0.2, 0.25) is 5.02 Å². The van der Waals surface area contributed by atoms with Gasteiger partial charge in [-0.1, -0.05) is 44.5 Å². The van der Waals surface area contributed by atoms with Crippen LogP contribution < -0.4 is 0 Å². The van der Waals surface area contributed by atoms with Gasteiger partial charge in [0.15, 0.2) is 0 Å². The number of benzene rings is 1. The van der Waals surface area contributed by atoms with Crippen LogP contribution in [0.1, 0.15) is 26.3 Å². The number of carbonyl (C=O) groups is 2. The summed E-state index contributed by atoms with van der Waals surface area (Å²) in [5, 5.41) is 0.641. The molecule has 0 unspecified atom stereocenters. The monoisotopic (exact) mass is 274 g/mol. The van der Waals surface area contributed by atoms with Gasteiger partial charge in [0.25, 0.3) is 0 Å². The van der Waals surface area contributed by atoms with E-state index >= 15 is 0 Å². The molecule has 2 nitrogen and oxygen atoms in total. The Morgan fingerprint density at radius 1 is 0.947 bits per heavy atom. The molecular weight excluding hydrogens is 260 g/mol. The Hall–Kier alpha value is -1.67. The van der Waals surface area contributed by atoms with Gasteiger partial charge in [-0.2, -0.15) is 0 Å². The highest BCUT2D eigenvalue weighted by atomic mass is 35.5. The van der Waals surface area contributed by atoms with Crippen molar-refractivity contribution in [2.45, 2.75) is 20.8 Å². The topological polar surface area (TPSA) is 34.1 Å². The Balaban J connectivity index is 2.50. The Bertz CT molecular complexity index is 599. The fourth-order valence-electron chi connectivity index (χ4n) is 1.97. The third kappa shape index (κ3) is 2.85. The number of ketones is 2. The molecule has 0 amide bonds. The van der Waals surface area contributed by atoms with E-state index < -0.39 is 11.6 Å². The minimum atomic E-state index is -0.461. The predicted molar refractivity (Wildman–Crippen MR) is 77.0 cm³/mol. The molecule has 1 aliphatic carbocycles. The van der Waals surface area contributed by atoms with Gasteiger partial charge in [0.1, 0.15) is 0 Å². The molecule has 1 aliphatic rings. The van der Waals surface area contributed by atoms with Crippen LogP contribution in [0.15, 0.2) is 42.0 Å². The molecule has 2 rings (SSSR count). The number of hydrogen-bond donors (Lipinski definition) is 0. The normalized spacial score (nSPS) is 16.2. The molecule has 0 bridgehead atoms. The van der Waals surface area contributed by atoms with E-state index in [4.69, 9.17) is 11.6 Å². The summed E-state index contributed by atoms with van der Waals surface area (Å²) in [7, 11) is 0. The van der Waals surface area contributed by atoms with Gasteiger partial charge in [0, 0.05) is 10.6 Å². The molecule has 0 N–H and O–H groups in total. The van der Waals surface area contributed by atoms with Gasteiger partial charge in [-0.3, -0.25) is 9.59 Å². The van der Waals surface area contributed by atoms with Gasteiger partial charge in [-0.05, 0) is 40.8 Å². The van der Waals surface area contributed by atoms with Gasteiger partial charge < -0.3 is 0 Å². The van der Waals surface area contributed by atoms with Gasteiger partial charge in [0.2, 0.25) is 11.6 Å². The lowest BCUT2D eigenvalue weighted by molar-refractivity contribution is -0.132. The van der Waals surface area contributed by atoms with Crippen LogP contribution in [0.3, 0.4) is 0 Å². The molecule has 0 aromatic heterocycles. The van der Waals surface area contributed by atoms with Crippen molar-refractivity contribution in [3.63, 3.8) is 0 Å². The maximum atomic E-state index is 11.9. The van der Waals surface area contributed by atoms with E-state index in [0.717, 1.165) is 11.1 Å². The highest BCUT2D eigenvalue weighted by Gasteiger charge is 2.30. The molecule has 0 atom stereocenters. The van der Waals surface area contributed by atoms with Crippen LogP contribution in [0.4, 0.5) is 0 Å². The molecule has 98 valence electrons. The fourth-order valence-corrected chi connectivity index (χ4v) is 2.09. The average Bonchev–Trinajstić information content (AvgIpc) is 2.32.